The summed E-state index contributed by atoms with van der Waals surface area (Å²) in [6, 6.07) is 15.3. The maximum atomic E-state index is 13.6. The number of nitrogens with zero attached hydrogens (tertiary/aromatic N) is 3. The minimum Gasteiger partial charge on any atom is -0.494 e. The Morgan fingerprint density at radius 3 is 2.66 bits per heavy atom. The largest absolute Gasteiger partial charge is 0.494 e. The lowest BCUT2D eigenvalue weighted by Crippen LogP contribution is -2.12. The van der Waals surface area contributed by atoms with E-state index in [-0.39, 0.29) is 17.4 Å². The minimum absolute atomic E-state index is 0.234. The van der Waals surface area contributed by atoms with E-state index in [9.17, 15) is 9.18 Å². The topological polar surface area (TPSA) is 68.5 Å². The second-order valence-corrected chi connectivity index (χ2v) is 6.51. The molecule has 2 heterocycles. The summed E-state index contributed by atoms with van der Waals surface area (Å²) >= 11 is 0. The number of carbonyl (C=O) groups excluding carboxylic acids is 1. The number of rotatable bonds is 5. The van der Waals surface area contributed by atoms with Gasteiger partial charge in [0.25, 0.3) is 5.91 Å². The van der Waals surface area contributed by atoms with Gasteiger partial charge in [-0.25, -0.2) is 13.9 Å². The molecule has 7 heteroatoms. The number of aryl methyl sites for hydroxylation is 1. The predicted molar refractivity (Wildman–Crippen MR) is 109 cm³/mol. The molecule has 1 amide bonds. The van der Waals surface area contributed by atoms with Crippen LogP contribution in [0, 0.1) is 12.7 Å². The summed E-state index contributed by atoms with van der Waals surface area (Å²) in [7, 11) is 0. The Balaban J connectivity index is 1.63. The first kappa shape index (κ1) is 18.6. The smallest absolute Gasteiger partial charge is 0.276 e. The fraction of sp³-hybridized carbons (Fsp3) is 0.136. The van der Waals surface area contributed by atoms with Crippen molar-refractivity contribution in [3.63, 3.8) is 0 Å². The van der Waals surface area contributed by atoms with Gasteiger partial charge in [-0.05, 0) is 67.9 Å². The van der Waals surface area contributed by atoms with Crippen LogP contribution in [0.15, 0.2) is 60.8 Å². The van der Waals surface area contributed by atoms with Crippen molar-refractivity contribution in [3.8, 4) is 17.0 Å². The lowest BCUT2D eigenvalue weighted by Gasteiger charge is -2.06. The molecule has 0 fully saturated rings. The van der Waals surface area contributed by atoms with Crippen molar-refractivity contribution < 1.29 is 13.9 Å². The van der Waals surface area contributed by atoms with Crippen molar-refractivity contribution in [2.24, 2.45) is 0 Å². The molecular weight excluding hydrogens is 371 g/mol. The third kappa shape index (κ3) is 3.80. The molecule has 4 rings (SSSR count). The van der Waals surface area contributed by atoms with Crippen LogP contribution in [0.2, 0.25) is 0 Å². The predicted octanol–water partition coefficient (Wildman–Crippen LogP) is 4.49. The molecule has 2 aromatic carbocycles. The van der Waals surface area contributed by atoms with Gasteiger partial charge in [-0.15, -0.1) is 0 Å². The van der Waals surface area contributed by atoms with Crippen LogP contribution in [0.25, 0.3) is 16.9 Å². The summed E-state index contributed by atoms with van der Waals surface area (Å²) in [6.45, 7) is 4.19. The highest BCUT2D eigenvalue weighted by atomic mass is 19.1. The van der Waals surface area contributed by atoms with E-state index in [4.69, 9.17) is 4.74 Å². The number of nitrogens with one attached hydrogen (secondary N) is 1. The quantitative estimate of drug-likeness (QED) is 0.545. The number of hydrogen-bond donors (Lipinski definition) is 1. The van der Waals surface area contributed by atoms with Crippen LogP contribution < -0.4 is 10.1 Å². The molecule has 29 heavy (non-hydrogen) atoms. The zero-order valence-electron chi connectivity index (χ0n) is 16.0. The van der Waals surface area contributed by atoms with Crippen molar-refractivity contribution in [3.05, 3.63) is 77.9 Å². The monoisotopic (exact) mass is 390 g/mol. The fourth-order valence-electron chi connectivity index (χ4n) is 3.03. The van der Waals surface area contributed by atoms with E-state index in [0.29, 0.717) is 23.5 Å². The van der Waals surface area contributed by atoms with Gasteiger partial charge >= 0.3 is 0 Å². The first-order chi connectivity index (χ1) is 14.0. The van der Waals surface area contributed by atoms with Gasteiger partial charge in [-0.3, -0.25) is 4.79 Å². The molecule has 0 unspecified atom stereocenters. The van der Waals surface area contributed by atoms with Gasteiger partial charge < -0.3 is 10.1 Å². The Morgan fingerprint density at radius 2 is 1.93 bits per heavy atom. The summed E-state index contributed by atoms with van der Waals surface area (Å²) in [5, 5.41) is 7.22. The van der Waals surface area contributed by atoms with Gasteiger partial charge in [0.05, 0.1) is 12.3 Å². The molecule has 0 saturated heterocycles. The van der Waals surface area contributed by atoms with Crippen molar-refractivity contribution in [1.29, 1.82) is 0 Å². The van der Waals surface area contributed by atoms with Crippen LogP contribution in [-0.4, -0.2) is 27.1 Å². The maximum absolute atomic E-state index is 13.6. The zero-order valence-corrected chi connectivity index (χ0v) is 16.0. The summed E-state index contributed by atoms with van der Waals surface area (Å²) in [4.78, 5) is 16.9. The molecule has 2 aromatic heterocycles. The summed E-state index contributed by atoms with van der Waals surface area (Å²) in [5.41, 5.74) is 3.45. The fourth-order valence-corrected chi connectivity index (χ4v) is 3.03. The Morgan fingerprint density at radius 1 is 1.14 bits per heavy atom. The van der Waals surface area contributed by atoms with E-state index in [1.165, 1.54) is 6.07 Å². The highest BCUT2D eigenvalue weighted by Crippen LogP contribution is 2.23. The van der Waals surface area contributed by atoms with Gasteiger partial charge in [0, 0.05) is 23.5 Å². The minimum atomic E-state index is -0.346. The normalized spacial score (nSPS) is 10.9. The molecule has 0 radical (unpaired) electrons. The van der Waals surface area contributed by atoms with Crippen molar-refractivity contribution in [2.45, 2.75) is 13.8 Å². The van der Waals surface area contributed by atoms with Crippen LogP contribution in [0.4, 0.5) is 10.1 Å². The van der Waals surface area contributed by atoms with Crippen molar-refractivity contribution in [2.75, 3.05) is 11.9 Å². The highest BCUT2D eigenvalue weighted by Gasteiger charge is 2.15. The number of carbonyl (C=O) groups is 1. The van der Waals surface area contributed by atoms with E-state index < -0.39 is 0 Å². The molecule has 0 bridgehead atoms. The van der Waals surface area contributed by atoms with Crippen LogP contribution in [0.5, 0.6) is 5.75 Å². The van der Waals surface area contributed by atoms with Gasteiger partial charge in [0.1, 0.15) is 11.6 Å². The number of amides is 1. The number of anilines is 1. The second-order valence-electron chi connectivity index (χ2n) is 6.51. The molecule has 4 aromatic rings. The van der Waals surface area contributed by atoms with E-state index in [0.717, 1.165) is 17.0 Å². The third-order valence-electron chi connectivity index (χ3n) is 4.47. The Hall–Kier alpha value is -3.74. The molecule has 146 valence electrons. The summed E-state index contributed by atoms with van der Waals surface area (Å²) in [5.74, 6) is 0.123. The molecule has 0 atom stereocenters. The average molecular weight is 390 g/mol. The number of hydrogen-bond acceptors (Lipinski definition) is 4. The van der Waals surface area contributed by atoms with Gasteiger partial charge in [-0.2, -0.15) is 5.10 Å². The van der Waals surface area contributed by atoms with Crippen LogP contribution >= 0.6 is 0 Å². The van der Waals surface area contributed by atoms with Crippen LogP contribution in [0.3, 0.4) is 0 Å². The maximum Gasteiger partial charge on any atom is 0.276 e. The van der Waals surface area contributed by atoms with E-state index in [1.54, 1.807) is 66.2 Å². The van der Waals surface area contributed by atoms with Crippen molar-refractivity contribution >= 4 is 17.2 Å². The molecule has 0 aliphatic carbocycles. The first-order valence-electron chi connectivity index (χ1n) is 9.20. The highest BCUT2D eigenvalue weighted by molar-refractivity contribution is 6.03. The number of aromatic nitrogens is 3. The van der Waals surface area contributed by atoms with E-state index >= 15 is 0 Å². The zero-order chi connectivity index (χ0) is 20.4. The Labute approximate surface area is 167 Å². The molecular formula is C22H19FN4O2. The number of fused-ring (bicyclic) bond motifs is 1. The van der Waals surface area contributed by atoms with Gasteiger partial charge in [0.15, 0.2) is 11.3 Å². The van der Waals surface area contributed by atoms with Gasteiger partial charge in [-0.1, -0.05) is 0 Å². The van der Waals surface area contributed by atoms with E-state index in [2.05, 4.69) is 15.4 Å². The lowest BCUT2D eigenvalue weighted by atomic mass is 10.1. The first-order valence-corrected chi connectivity index (χ1v) is 9.20. The molecule has 6 nitrogen and oxygen atoms in total. The molecule has 0 aliphatic heterocycles. The third-order valence-corrected chi connectivity index (χ3v) is 4.47. The van der Waals surface area contributed by atoms with Crippen molar-refractivity contribution in [1.82, 2.24) is 14.6 Å². The standard InChI is InChI=1S/C22H19FN4O2/c1-3-29-17-7-5-16(6-8-17)25-22(28)19-13-21-24-11-10-20(27(21)26-19)15-4-9-18(23)14(2)12-15/h4-13H,3H2,1-2H3,(H,25,28). The molecule has 0 saturated carbocycles. The van der Waals surface area contributed by atoms with Crippen LogP contribution in [0.1, 0.15) is 23.0 Å². The molecule has 1 N–H and O–H groups in total. The summed E-state index contributed by atoms with van der Waals surface area (Å²) < 4.78 is 20.6. The summed E-state index contributed by atoms with van der Waals surface area (Å²) in [6.07, 6.45) is 1.64. The van der Waals surface area contributed by atoms with Crippen LogP contribution in [-0.2, 0) is 0 Å². The Kier molecular flexibility index (Phi) is 4.95. The second kappa shape index (κ2) is 7.71. The molecule has 0 spiro atoms. The molecule has 0 aliphatic rings. The SMILES string of the molecule is CCOc1ccc(NC(=O)c2cc3nccc(-c4ccc(F)c(C)c4)n3n2)cc1. The Bertz CT molecular complexity index is 1190. The van der Waals surface area contributed by atoms with E-state index in [1.807, 2.05) is 6.92 Å². The number of ether oxygens (including phenoxy) is 1. The number of benzene rings is 2. The lowest BCUT2D eigenvalue weighted by molar-refractivity contribution is 0.102. The average Bonchev–Trinajstić information content (AvgIpc) is 3.16. The number of halogens is 1. The van der Waals surface area contributed by atoms with Gasteiger partial charge in [0.2, 0.25) is 0 Å².